The number of hydrogen-bond acceptors (Lipinski definition) is 3. The summed E-state index contributed by atoms with van der Waals surface area (Å²) in [6.45, 7) is 5.35. The Morgan fingerprint density at radius 1 is 1.10 bits per heavy atom. The van der Waals surface area contributed by atoms with Gasteiger partial charge in [-0.3, -0.25) is 4.79 Å². The molecule has 0 aliphatic carbocycles. The highest BCUT2D eigenvalue weighted by Gasteiger charge is 2.33. The second kappa shape index (κ2) is 7.10. The first-order valence-electron chi connectivity index (χ1n) is 8.80. The number of likely N-dealkylation sites (tertiary alicyclic amines) is 2. The van der Waals surface area contributed by atoms with Crippen molar-refractivity contribution in [3.8, 4) is 0 Å². The van der Waals surface area contributed by atoms with Crippen LogP contribution in [-0.2, 0) is 9.53 Å². The molecule has 120 valence electrons. The molecule has 3 heterocycles. The second-order valence-corrected chi connectivity index (χ2v) is 7.20. The lowest BCUT2D eigenvalue weighted by atomic mass is 9.84. The fourth-order valence-corrected chi connectivity index (χ4v) is 4.21. The van der Waals surface area contributed by atoms with Crippen LogP contribution in [0.1, 0.15) is 44.9 Å². The van der Waals surface area contributed by atoms with Gasteiger partial charge in [0.1, 0.15) is 0 Å². The highest BCUT2D eigenvalue weighted by molar-refractivity contribution is 5.76. The fourth-order valence-electron chi connectivity index (χ4n) is 4.21. The highest BCUT2D eigenvalue weighted by Crippen LogP contribution is 2.32. The SMILES string of the molecule is CN1CCC(C2CCN(C(=O)CCC3CCCO3)C2)CC1. The van der Waals surface area contributed by atoms with E-state index in [1.54, 1.807) is 0 Å². The summed E-state index contributed by atoms with van der Waals surface area (Å²) < 4.78 is 5.62. The molecule has 0 spiro atoms. The van der Waals surface area contributed by atoms with Crippen molar-refractivity contribution in [2.75, 3.05) is 39.8 Å². The Bertz CT molecular complexity index is 347. The van der Waals surface area contributed by atoms with E-state index >= 15 is 0 Å². The van der Waals surface area contributed by atoms with Gasteiger partial charge in [0.15, 0.2) is 0 Å². The maximum atomic E-state index is 12.3. The summed E-state index contributed by atoms with van der Waals surface area (Å²) in [6.07, 6.45) is 8.13. The van der Waals surface area contributed by atoms with Crippen molar-refractivity contribution in [2.24, 2.45) is 11.8 Å². The molecule has 0 aromatic rings. The third kappa shape index (κ3) is 3.98. The molecule has 0 aromatic heterocycles. The van der Waals surface area contributed by atoms with Crippen molar-refractivity contribution < 1.29 is 9.53 Å². The molecule has 21 heavy (non-hydrogen) atoms. The summed E-state index contributed by atoms with van der Waals surface area (Å²) in [5, 5.41) is 0. The monoisotopic (exact) mass is 294 g/mol. The predicted molar refractivity (Wildman–Crippen MR) is 83.1 cm³/mol. The van der Waals surface area contributed by atoms with Gasteiger partial charge in [0.05, 0.1) is 6.10 Å². The molecule has 2 atom stereocenters. The molecule has 3 aliphatic rings. The number of rotatable bonds is 4. The molecule has 0 bridgehead atoms. The van der Waals surface area contributed by atoms with E-state index in [1.807, 2.05) is 0 Å². The molecule has 3 rings (SSSR count). The zero-order chi connectivity index (χ0) is 14.7. The number of nitrogens with zero attached hydrogens (tertiary/aromatic N) is 2. The van der Waals surface area contributed by atoms with Crippen LogP contribution < -0.4 is 0 Å². The average molecular weight is 294 g/mol. The minimum Gasteiger partial charge on any atom is -0.378 e. The maximum Gasteiger partial charge on any atom is 0.222 e. The first kappa shape index (κ1) is 15.3. The maximum absolute atomic E-state index is 12.3. The third-order valence-corrected chi connectivity index (χ3v) is 5.71. The van der Waals surface area contributed by atoms with Gasteiger partial charge in [-0.15, -0.1) is 0 Å². The fraction of sp³-hybridized carbons (Fsp3) is 0.941. The van der Waals surface area contributed by atoms with Gasteiger partial charge in [0.25, 0.3) is 0 Å². The van der Waals surface area contributed by atoms with Crippen LogP contribution in [0.5, 0.6) is 0 Å². The van der Waals surface area contributed by atoms with Crippen LogP contribution in [0.2, 0.25) is 0 Å². The van der Waals surface area contributed by atoms with Gasteiger partial charge >= 0.3 is 0 Å². The van der Waals surface area contributed by atoms with Crippen molar-refractivity contribution in [1.29, 1.82) is 0 Å². The van der Waals surface area contributed by atoms with Crippen molar-refractivity contribution in [2.45, 2.75) is 51.0 Å². The van der Waals surface area contributed by atoms with Crippen LogP contribution in [0, 0.1) is 11.8 Å². The van der Waals surface area contributed by atoms with Crippen molar-refractivity contribution in [3.63, 3.8) is 0 Å². The average Bonchev–Trinajstić information content (AvgIpc) is 3.17. The summed E-state index contributed by atoms with van der Waals surface area (Å²) in [7, 11) is 2.21. The predicted octanol–water partition coefficient (Wildman–Crippen LogP) is 2.14. The molecular weight excluding hydrogens is 264 g/mol. The molecule has 1 amide bonds. The lowest BCUT2D eigenvalue weighted by Crippen LogP contribution is -2.35. The molecule has 4 heteroatoms. The lowest BCUT2D eigenvalue weighted by molar-refractivity contribution is -0.131. The molecule has 0 N–H and O–H groups in total. The van der Waals surface area contributed by atoms with Crippen LogP contribution >= 0.6 is 0 Å². The number of amides is 1. The van der Waals surface area contributed by atoms with Crippen LogP contribution in [0.4, 0.5) is 0 Å². The number of hydrogen-bond donors (Lipinski definition) is 0. The Labute approximate surface area is 128 Å². The molecule has 0 aromatic carbocycles. The van der Waals surface area contributed by atoms with Crippen molar-refractivity contribution in [1.82, 2.24) is 9.80 Å². The number of ether oxygens (including phenoxy) is 1. The Morgan fingerprint density at radius 3 is 2.57 bits per heavy atom. The van der Waals surface area contributed by atoms with Gasteiger partial charge in [-0.2, -0.15) is 0 Å². The first-order valence-corrected chi connectivity index (χ1v) is 8.80. The Morgan fingerprint density at radius 2 is 1.86 bits per heavy atom. The minimum atomic E-state index is 0.348. The van der Waals surface area contributed by atoms with Crippen LogP contribution in [0.15, 0.2) is 0 Å². The van der Waals surface area contributed by atoms with Crippen molar-refractivity contribution in [3.05, 3.63) is 0 Å². The van der Waals surface area contributed by atoms with E-state index in [-0.39, 0.29) is 0 Å². The van der Waals surface area contributed by atoms with E-state index < -0.39 is 0 Å². The van der Waals surface area contributed by atoms with Gasteiger partial charge in [-0.05, 0) is 70.5 Å². The summed E-state index contributed by atoms with van der Waals surface area (Å²) in [5.74, 6) is 1.96. The van der Waals surface area contributed by atoms with Crippen LogP contribution in [0.25, 0.3) is 0 Å². The van der Waals surface area contributed by atoms with E-state index in [0.717, 1.165) is 44.4 Å². The molecule has 3 aliphatic heterocycles. The molecule has 4 nitrogen and oxygen atoms in total. The van der Waals surface area contributed by atoms with Gasteiger partial charge in [-0.1, -0.05) is 0 Å². The molecule has 2 unspecified atom stereocenters. The summed E-state index contributed by atoms with van der Waals surface area (Å²) >= 11 is 0. The minimum absolute atomic E-state index is 0.348. The Balaban J connectivity index is 1.40. The second-order valence-electron chi connectivity index (χ2n) is 7.20. The van der Waals surface area contributed by atoms with Gasteiger partial charge < -0.3 is 14.5 Å². The van der Waals surface area contributed by atoms with E-state index in [1.165, 1.54) is 38.8 Å². The summed E-state index contributed by atoms with van der Waals surface area (Å²) in [5.41, 5.74) is 0. The summed E-state index contributed by atoms with van der Waals surface area (Å²) in [4.78, 5) is 16.9. The molecule has 0 saturated carbocycles. The number of carbonyl (C=O) groups is 1. The van der Waals surface area contributed by atoms with Gasteiger partial charge in [0, 0.05) is 26.1 Å². The van der Waals surface area contributed by atoms with E-state index in [4.69, 9.17) is 4.74 Å². The zero-order valence-corrected chi connectivity index (χ0v) is 13.4. The molecular formula is C17H30N2O2. The third-order valence-electron chi connectivity index (χ3n) is 5.71. The Hall–Kier alpha value is -0.610. The topological polar surface area (TPSA) is 32.8 Å². The van der Waals surface area contributed by atoms with Crippen molar-refractivity contribution >= 4 is 5.91 Å². The number of piperidine rings is 1. The standard InChI is InChI=1S/C17H30N2O2/c1-18-9-6-14(7-10-18)15-8-11-19(13-15)17(20)5-4-16-3-2-12-21-16/h14-16H,2-13H2,1H3. The highest BCUT2D eigenvalue weighted by atomic mass is 16.5. The number of carbonyl (C=O) groups excluding carboxylic acids is 1. The molecule has 3 fully saturated rings. The van der Waals surface area contributed by atoms with Gasteiger partial charge in [-0.25, -0.2) is 0 Å². The molecule has 0 radical (unpaired) electrons. The van der Waals surface area contributed by atoms with Crippen LogP contribution in [-0.4, -0.2) is 61.6 Å². The lowest BCUT2D eigenvalue weighted by Gasteiger charge is -2.32. The largest absolute Gasteiger partial charge is 0.378 e. The molecule has 3 saturated heterocycles. The smallest absolute Gasteiger partial charge is 0.222 e. The summed E-state index contributed by atoms with van der Waals surface area (Å²) in [6, 6.07) is 0. The van der Waals surface area contributed by atoms with Crippen LogP contribution in [0.3, 0.4) is 0 Å². The Kier molecular flexibility index (Phi) is 5.17. The van der Waals surface area contributed by atoms with Gasteiger partial charge in [0.2, 0.25) is 5.91 Å². The van der Waals surface area contributed by atoms with E-state index in [0.29, 0.717) is 18.4 Å². The normalized spacial score (nSPS) is 32.0. The zero-order valence-electron chi connectivity index (χ0n) is 13.4. The van der Waals surface area contributed by atoms with E-state index in [2.05, 4.69) is 16.8 Å². The van der Waals surface area contributed by atoms with E-state index in [9.17, 15) is 4.79 Å². The first-order chi connectivity index (χ1) is 10.2. The quantitative estimate of drug-likeness (QED) is 0.796.